The molecule has 4 nitrogen and oxygen atoms in total. The van der Waals surface area contributed by atoms with Gasteiger partial charge < -0.3 is 14.6 Å². The Bertz CT molecular complexity index is 406. The number of amides is 1. The first-order valence-corrected chi connectivity index (χ1v) is 6.14. The van der Waals surface area contributed by atoms with Crippen molar-refractivity contribution in [3.8, 4) is 0 Å². The molecule has 17 heavy (non-hydrogen) atoms. The summed E-state index contributed by atoms with van der Waals surface area (Å²) in [6, 6.07) is 3.87. The fraction of sp³-hybridized carbons (Fsp3) is 0.615. The number of hydrogen-bond donors (Lipinski definition) is 1. The van der Waals surface area contributed by atoms with E-state index >= 15 is 0 Å². The van der Waals surface area contributed by atoms with E-state index < -0.39 is 0 Å². The first kappa shape index (κ1) is 12.2. The van der Waals surface area contributed by atoms with Gasteiger partial charge in [0.15, 0.2) is 0 Å². The maximum atomic E-state index is 12.1. The van der Waals surface area contributed by atoms with Crippen molar-refractivity contribution in [1.82, 2.24) is 9.88 Å². The smallest absolute Gasteiger partial charge is 0.268 e. The number of nitrogens with one attached hydrogen (secondary N) is 1. The molecule has 0 radical (unpaired) electrons. The van der Waals surface area contributed by atoms with Crippen LogP contribution in [0.5, 0.6) is 0 Å². The molecule has 0 bridgehead atoms. The summed E-state index contributed by atoms with van der Waals surface area (Å²) < 4.78 is 7.47. The highest BCUT2D eigenvalue weighted by Crippen LogP contribution is 2.16. The zero-order chi connectivity index (χ0) is 12.4. The van der Waals surface area contributed by atoms with Crippen molar-refractivity contribution in [1.29, 1.82) is 0 Å². The maximum absolute atomic E-state index is 12.1. The largest absolute Gasteiger partial charge is 0.376 e. The molecule has 0 spiro atoms. The van der Waals surface area contributed by atoms with Crippen molar-refractivity contribution in [3.05, 3.63) is 23.5 Å². The molecule has 1 fully saturated rings. The van der Waals surface area contributed by atoms with Gasteiger partial charge >= 0.3 is 0 Å². The van der Waals surface area contributed by atoms with Gasteiger partial charge in [-0.3, -0.25) is 4.79 Å². The van der Waals surface area contributed by atoms with Gasteiger partial charge in [-0.1, -0.05) is 0 Å². The second-order valence-corrected chi connectivity index (χ2v) is 4.73. The third-order valence-electron chi connectivity index (χ3n) is 3.49. The molecule has 0 aromatic carbocycles. The van der Waals surface area contributed by atoms with Crippen molar-refractivity contribution in [2.45, 2.75) is 38.8 Å². The Labute approximate surface area is 102 Å². The van der Waals surface area contributed by atoms with Gasteiger partial charge in [0.1, 0.15) is 5.69 Å². The standard InChI is InChI=1S/C13H20N2O2/c1-9-6-7-11(15(9)3)13(16)14-10(2)12-5-4-8-17-12/h6-7,10,12H,4-5,8H2,1-3H3,(H,14,16)/t10-,12+/m1/s1. The van der Waals surface area contributed by atoms with E-state index in [2.05, 4.69) is 5.32 Å². The number of hydrogen-bond acceptors (Lipinski definition) is 2. The quantitative estimate of drug-likeness (QED) is 0.867. The molecule has 1 aromatic rings. The Morgan fingerprint density at radius 3 is 2.88 bits per heavy atom. The van der Waals surface area contributed by atoms with Crippen LogP contribution < -0.4 is 5.32 Å². The minimum absolute atomic E-state index is 0.0244. The average Bonchev–Trinajstić information content (AvgIpc) is 2.90. The van der Waals surface area contributed by atoms with E-state index in [-0.39, 0.29) is 18.1 Å². The first-order valence-electron chi connectivity index (χ1n) is 6.14. The van der Waals surface area contributed by atoms with Gasteiger partial charge in [-0.15, -0.1) is 0 Å². The lowest BCUT2D eigenvalue weighted by Gasteiger charge is -2.20. The number of aromatic nitrogens is 1. The lowest BCUT2D eigenvalue weighted by atomic mass is 10.1. The van der Waals surface area contributed by atoms with Crippen LogP contribution >= 0.6 is 0 Å². The Kier molecular flexibility index (Phi) is 3.52. The maximum Gasteiger partial charge on any atom is 0.268 e. The zero-order valence-corrected chi connectivity index (χ0v) is 10.7. The van der Waals surface area contributed by atoms with Crippen LogP contribution in [0.1, 0.15) is 35.9 Å². The van der Waals surface area contributed by atoms with Crippen molar-refractivity contribution in [2.24, 2.45) is 7.05 Å². The van der Waals surface area contributed by atoms with Crippen molar-refractivity contribution in [3.63, 3.8) is 0 Å². The second-order valence-electron chi connectivity index (χ2n) is 4.73. The lowest BCUT2D eigenvalue weighted by molar-refractivity contribution is 0.0707. The first-order chi connectivity index (χ1) is 8.09. The van der Waals surface area contributed by atoms with Crippen LogP contribution in [0.2, 0.25) is 0 Å². The van der Waals surface area contributed by atoms with E-state index in [0.29, 0.717) is 5.69 Å². The number of ether oxygens (including phenoxy) is 1. The van der Waals surface area contributed by atoms with Crippen molar-refractivity contribution in [2.75, 3.05) is 6.61 Å². The Morgan fingerprint density at radius 1 is 1.59 bits per heavy atom. The molecule has 94 valence electrons. The van der Waals surface area contributed by atoms with E-state index in [1.54, 1.807) is 0 Å². The molecule has 1 N–H and O–H groups in total. The zero-order valence-electron chi connectivity index (χ0n) is 10.7. The van der Waals surface area contributed by atoms with E-state index in [0.717, 1.165) is 25.1 Å². The van der Waals surface area contributed by atoms with Crippen molar-refractivity contribution < 1.29 is 9.53 Å². The van der Waals surface area contributed by atoms with E-state index in [1.165, 1.54) is 0 Å². The predicted molar refractivity (Wildman–Crippen MR) is 66.1 cm³/mol. The minimum Gasteiger partial charge on any atom is -0.376 e. The summed E-state index contributed by atoms with van der Waals surface area (Å²) in [6.07, 6.45) is 2.29. The van der Waals surface area contributed by atoms with E-state index in [9.17, 15) is 4.79 Å². The third kappa shape index (κ3) is 2.52. The molecule has 4 heteroatoms. The SMILES string of the molecule is Cc1ccc(C(=O)N[C@H](C)[C@@H]2CCCO2)n1C. The summed E-state index contributed by atoms with van der Waals surface area (Å²) in [6.45, 7) is 4.80. The minimum atomic E-state index is -0.0244. The van der Waals surface area contributed by atoms with Crippen LogP contribution in [0, 0.1) is 6.92 Å². The normalized spacial score (nSPS) is 21.5. The summed E-state index contributed by atoms with van der Waals surface area (Å²) in [5.74, 6) is -0.0244. The fourth-order valence-electron chi connectivity index (χ4n) is 2.21. The molecule has 1 amide bonds. The highest BCUT2D eigenvalue weighted by atomic mass is 16.5. The van der Waals surface area contributed by atoms with E-state index in [4.69, 9.17) is 4.74 Å². The molecule has 2 rings (SSSR count). The van der Waals surface area contributed by atoms with Gasteiger partial charge in [0.05, 0.1) is 12.1 Å². The number of carbonyl (C=O) groups excluding carboxylic acids is 1. The van der Waals surface area contributed by atoms with Crippen LogP contribution in [0.3, 0.4) is 0 Å². The molecule has 0 aliphatic carbocycles. The molecule has 1 aliphatic heterocycles. The Balaban J connectivity index is 1.99. The highest BCUT2D eigenvalue weighted by Gasteiger charge is 2.24. The summed E-state index contributed by atoms with van der Waals surface area (Å²) >= 11 is 0. The molecule has 0 unspecified atom stereocenters. The molecule has 2 atom stereocenters. The monoisotopic (exact) mass is 236 g/mol. The molecule has 1 aromatic heterocycles. The van der Waals surface area contributed by atoms with Gasteiger partial charge in [0.25, 0.3) is 5.91 Å². The van der Waals surface area contributed by atoms with Crippen LogP contribution in [0.4, 0.5) is 0 Å². The summed E-state index contributed by atoms with van der Waals surface area (Å²) in [5, 5.41) is 3.01. The highest BCUT2D eigenvalue weighted by molar-refractivity contribution is 5.93. The van der Waals surface area contributed by atoms with Crippen LogP contribution in [-0.2, 0) is 11.8 Å². The third-order valence-corrected chi connectivity index (χ3v) is 3.49. The lowest BCUT2D eigenvalue weighted by Crippen LogP contribution is -2.41. The number of carbonyl (C=O) groups is 1. The predicted octanol–water partition coefficient (Wildman–Crippen LogP) is 1.63. The number of rotatable bonds is 3. The van der Waals surface area contributed by atoms with Crippen molar-refractivity contribution >= 4 is 5.91 Å². The van der Waals surface area contributed by atoms with Gasteiger partial charge in [0, 0.05) is 19.3 Å². The molecule has 0 saturated carbocycles. The summed E-state index contributed by atoms with van der Waals surface area (Å²) in [7, 11) is 1.90. The van der Waals surface area contributed by atoms with E-state index in [1.807, 2.05) is 37.6 Å². The molecular formula is C13H20N2O2. The number of aryl methyl sites for hydroxylation is 1. The second kappa shape index (κ2) is 4.92. The van der Waals surface area contributed by atoms with Gasteiger partial charge in [-0.25, -0.2) is 0 Å². The molecule has 2 heterocycles. The summed E-state index contributed by atoms with van der Waals surface area (Å²) in [5.41, 5.74) is 1.78. The van der Waals surface area contributed by atoms with Gasteiger partial charge in [-0.05, 0) is 38.8 Å². The fourth-order valence-corrected chi connectivity index (χ4v) is 2.21. The van der Waals surface area contributed by atoms with Gasteiger partial charge in [-0.2, -0.15) is 0 Å². The van der Waals surface area contributed by atoms with Crippen LogP contribution in [0.15, 0.2) is 12.1 Å². The topological polar surface area (TPSA) is 43.3 Å². The molecule has 1 aliphatic rings. The molecule has 1 saturated heterocycles. The van der Waals surface area contributed by atoms with Crippen LogP contribution in [0.25, 0.3) is 0 Å². The molecular weight excluding hydrogens is 216 g/mol. The average molecular weight is 236 g/mol. The number of nitrogens with zero attached hydrogens (tertiary/aromatic N) is 1. The summed E-state index contributed by atoms with van der Waals surface area (Å²) in [4.78, 5) is 12.1. The Morgan fingerprint density at radius 2 is 2.35 bits per heavy atom. The van der Waals surface area contributed by atoms with Gasteiger partial charge in [0.2, 0.25) is 0 Å². The van der Waals surface area contributed by atoms with Crippen LogP contribution in [-0.4, -0.2) is 29.2 Å². The Hall–Kier alpha value is -1.29.